The van der Waals surface area contributed by atoms with Gasteiger partial charge in [0.05, 0.1) is 35.0 Å². The van der Waals surface area contributed by atoms with E-state index in [1.807, 2.05) is 54.6 Å². The highest BCUT2D eigenvalue weighted by atomic mass is 16.6. The number of benzene rings is 4. The van der Waals surface area contributed by atoms with E-state index in [-0.39, 0.29) is 12.4 Å². The molecule has 0 atom stereocenters. The second-order valence-electron chi connectivity index (χ2n) is 12.6. The summed E-state index contributed by atoms with van der Waals surface area (Å²) in [6.07, 6.45) is 7.75. The first-order valence-electron chi connectivity index (χ1n) is 17.1. The third-order valence-electron chi connectivity index (χ3n) is 9.08. The van der Waals surface area contributed by atoms with Gasteiger partial charge in [0, 0.05) is 7.05 Å². The van der Waals surface area contributed by atoms with Gasteiger partial charge < -0.3 is 38.4 Å². The minimum absolute atomic E-state index is 0.256. The van der Waals surface area contributed by atoms with Crippen LogP contribution in [0, 0.1) is 5.92 Å². The van der Waals surface area contributed by atoms with Gasteiger partial charge in [-0.2, -0.15) is 0 Å². The van der Waals surface area contributed by atoms with E-state index in [0.29, 0.717) is 41.0 Å². The van der Waals surface area contributed by atoms with Crippen molar-refractivity contribution in [3.63, 3.8) is 0 Å². The van der Waals surface area contributed by atoms with Gasteiger partial charge in [-0.1, -0.05) is 55.0 Å². The summed E-state index contributed by atoms with van der Waals surface area (Å²) in [6, 6.07) is 24.6. The molecular formula is C42H47NO8. The largest absolute Gasteiger partial charge is 0.508 e. The lowest BCUT2D eigenvalue weighted by Gasteiger charge is -2.24. The molecule has 268 valence electrons. The predicted octanol–water partition coefficient (Wildman–Crippen LogP) is 9.12. The van der Waals surface area contributed by atoms with Crippen LogP contribution in [0.1, 0.15) is 54.9 Å². The monoisotopic (exact) mass is 693 g/mol. The van der Waals surface area contributed by atoms with E-state index in [0.717, 1.165) is 41.0 Å². The zero-order valence-electron chi connectivity index (χ0n) is 30.2. The van der Waals surface area contributed by atoms with Crippen LogP contribution in [-0.4, -0.2) is 64.7 Å². The molecule has 0 heterocycles. The second-order valence-corrected chi connectivity index (χ2v) is 12.6. The average Bonchev–Trinajstić information content (AvgIpc) is 3.15. The van der Waals surface area contributed by atoms with Gasteiger partial charge in [0.25, 0.3) is 0 Å². The molecule has 9 nitrogen and oxygen atoms in total. The molecule has 1 fully saturated rings. The first-order valence-corrected chi connectivity index (χ1v) is 17.1. The molecule has 0 radical (unpaired) electrons. The molecule has 9 heteroatoms. The lowest BCUT2D eigenvalue weighted by atomic mass is 9.81. The highest BCUT2D eigenvalue weighted by molar-refractivity contribution is 5.83. The number of rotatable bonds is 13. The standard InChI is InChI=1S/C42H47NO8/c1-28-7-12-31(13-8-28)40(32-14-18-34(44)19-15-32)33-16-20-35(21-17-33)50-24-23-43(2)42(45)51-37-25-29(11-22-36(37)46-3)9-10-30-26-38(47-4)41(49-6)39(27-30)48-5/h9-11,14-22,25-28,44H,7-8,12-13,23-24H2,1-6H3/b10-9-,40-31?. The predicted molar refractivity (Wildman–Crippen MR) is 200 cm³/mol. The summed E-state index contributed by atoms with van der Waals surface area (Å²) < 4.78 is 33.6. The zero-order valence-corrected chi connectivity index (χ0v) is 30.2. The Kier molecular flexibility index (Phi) is 12.5. The molecule has 1 N–H and O–H groups in total. The SMILES string of the molecule is COc1ccc(/C=C\c2cc(OC)c(OC)c(OC)c2)cc1OC(=O)N(C)CCOc1ccc(C(=C2CCC(C)CC2)c2ccc(O)cc2)cc1. The van der Waals surface area contributed by atoms with Gasteiger partial charge in [-0.3, -0.25) is 0 Å². The van der Waals surface area contributed by atoms with Gasteiger partial charge in [0.15, 0.2) is 23.0 Å². The summed E-state index contributed by atoms with van der Waals surface area (Å²) in [5, 5.41) is 9.87. The molecule has 0 aromatic heterocycles. The first kappa shape index (κ1) is 36.7. The Morgan fingerprint density at radius 2 is 1.31 bits per heavy atom. The fraction of sp³-hybridized carbons (Fsp3) is 0.310. The van der Waals surface area contributed by atoms with Crippen molar-refractivity contribution >= 4 is 23.8 Å². The number of ether oxygens (including phenoxy) is 6. The molecule has 51 heavy (non-hydrogen) atoms. The Balaban J connectivity index is 1.20. The highest BCUT2D eigenvalue weighted by Gasteiger charge is 2.19. The molecule has 0 saturated heterocycles. The number of carbonyl (C=O) groups is 1. The number of likely N-dealkylation sites (N-methyl/N-ethyl adjacent to an activating group) is 1. The molecule has 0 unspecified atom stereocenters. The summed E-state index contributed by atoms with van der Waals surface area (Å²) in [7, 11) is 7.90. The van der Waals surface area contributed by atoms with Crippen LogP contribution in [0.5, 0.6) is 40.2 Å². The third kappa shape index (κ3) is 9.36. The Morgan fingerprint density at radius 3 is 1.90 bits per heavy atom. The van der Waals surface area contributed by atoms with Crippen molar-refractivity contribution in [1.29, 1.82) is 0 Å². The van der Waals surface area contributed by atoms with Gasteiger partial charge >= 0.3 is 6.09 Å². The van der Waals surface area contributed by atoms with Crippen LogP contribution in [0.25, 0.3) is 17.7 Å². The minimum atomic E-state index is -0.537. The average molecular weight is 694 g/mol. The topological polar surface area (TPSA) is 95.9 Å². The molecule has 5 rings (SSSR count). The van der Waals surface area contributed by atoms with Gasteiger partial charge in [0.1, 0.15) is 18.1 Å². The number of carbonyl (C=O) groups excluding carboxylic acids is 1. The fourth-order valence-corrected chi connectivity index (χ4v) is 6.11. The molecule has 1 amide bonds. The van der Waals surface area contributed by atoms with Crippen molar-refractivity contribution in [3.05, 3.63) is 107 Å². The maximum absolute atomic E-state index is 13.1. The van der Waals surface area contributed by atoms with E-state index < -0.39 is 6.09 Å². The number of allylic oxidation sites excluding steroid dienone is 1. The van der Waals surface area contributed by atoms with Crippen LogP contribution in [0.2, 0.25) is 0 Å². The van der Waals surface area contributed by atoms with E-state index in [1.54, 1.807) is 52.6 Å². The quantitative estimate of drug-likeness (QED) is 0.139. The number of phenols is 1. The summed E-state index contributed by atoms with van der Waals surface area (Å²) >= 11 is 0. The fourth-order valence-electron chi connectivity index (χ4n) is 6.11. The van der Waals surface area contributed by atoms with Crippen LogP contribution in [0.3, 0.4) is 0 Å². The van der Waals surface area contributed by atoms with Crippen LogP contribution in [0.4, 0.5) is 4.79 Å². The van der Waals surface area contributed by atoms with Gasteiger partial charge in [-0.05, 0) is 108 Å². The number of amides is 1. The second kappa shape index (κ2) is 17.4. The van der Waals surface area contributed by atoms with Crippen LogP contribution in [0.15, 0.2) is 84.4 Å². The summed E-state index contributed by atoms with van der Waals surface area (Å²) in [6.45, 7) is 2.91. The van der Waals surface area contributed by atoms with Crippen molar-refractivity contribution in [1.82, 2.24) is 4.90 Å². The lowest BCUT2D eigenvalue weighted by molar-refractivity contribution is 0.152. The molecular weight excluding hydrogens is 646 g/mol. The Labute approximate surface area is 300 Å². The van der Waals surface area contributed by atoms with E-state index in [9.17, 15) is 9.90 Å². The molecule has 0 bridgehead atoms. The van der Waals surface area contributed by atoms with Gasteiger partial charge in [0.2, 0.25) is 5.75 Å². The van der Waals surface area contributed by atoms with Crippen molar-refractivity contribution < 1.29 is 38.3 Å². The number of hydrogen-bond donors (Lipinski definition) is 1. The molecule has 4 aromatic rings. The molecule has 4 aromatic carbocycles. The van der Waals surface area contributed by atoms with Crippen molar-refractivity contribution in [2.24, 2.45) is 5.92 Å². The van der Waals surface area contributed by atoms with E-state index in [2.05, 4.69) is 19.1 Å². The van der Waals surface area contributed by atoms with E-state index in [4.69, 9.17) is 28.4 Å². The maximum Gasteiger partial charge on any atom is 0.415 e. The van der Waals surface area contributed by atoms with E-state index in [1.165, 1.54) is 36.0 Å². The van der Waals surface area contributed by atoms with Crippen LogP contribution >= 0.6 is 0 Å². The van der Waals surface area contributed by atoms with Gasteiger partial charge in [-0.15, -0.1) is 0 Å². The number of hydrogen-bond acceptors (Lipinski definition) is 8. The maximum atomic E-state index is 13.1. The van der Waals surface area contributed by atoms with Crippen LogP contribution in [-0.2, 0) is 0 Å². The zero-order chi connectivity index (χ0) is 36.3. The third-order valence-corrected chi connectivity index (χ3v) is 9.08. The van der Waals surface area contributed by atoms with Crippen LogP contribution < -0.4 is 28.4 Å². The first-order chi connectivity index (χ1) is 24.7. The van der Waals surface area contributed by atoms with Gasteiger partial charge in [-0.25, -0.2) is 4.79 Å². The van der Waals surface area contributed by atoms with E-state index >= 15 is 0 Å². The molecule has 1 aliphatic carbocycles. The number of phenolic OH excluding ortho intramolecular Hbond substituents is 1. The van der Waals surface area contributed by atoms with Crippen molar-refractivity contribution in [2.45, 2.75) is 32.6 Å². The Bertz CT molecular complexity index is 1810. The summed E-state index contributed by atoms with van der Waals surface area (Å²) in [4.78, 5) is 14.5. The number of aromatic hydroxyl groups is 1. The van der Waals surface area contributed by atoms with Crippen molar-refractivity contribution in [2.75, 3.05) is 48.6 Å². The highest BCUT2D eigenvalue weighted by Crippen LogP contribution is 2.40. The Hall–Kier alpha value is -5.57. The molecule has 1 aliphatic rings. The molecule has 0 aliphatic heterocycles. The molecule has 0 spiro atoms. The van der Waals surface area contributed by atoms with Crippen molar-refractivity contribution in [3.8, 4) is 40.2 Å². The normalized spacial score (nSPS) is 14.2. The number of methoxy groups -OCH3 is 4. The minimum Gasteiger partial charge on any atom is -0.508 e. The molecule has 1 saturated carbocycles. The number of nitrogens with zero attached hydrogens (tertiary/aromatic N) is 1. The summed E-state index contributed by atoms with van der Waals surface area (Å²) in [5.41, 5.74) is 6.53. The lowest BCUT2D eigenvalue weighted by Crippen LogP contribution is -2.33. The Morgan fingerprint density at radius 1 is 0.745 bits per heavy atom. The smallest absolute Gasteiger partial charge is 0.415 e. The summed E-state index contributed by atoms with van der Waals surface area (Å²) in [5.74, 6) is 4.04.